The molecule has 3 aliphatic rings. The number of carbonyl (C=O) groups excluding carboxylic acids is 1. The number of rotatable bonds is 5. The minimum Gasteiger partial charge on any atom is -0.480 e. The highest BCUT2D eigenvalue weighted by Crippen LogP contribution is 2.58. The smallest absolute Gasteiger partial charge is 0.317 e. The van der Waals surface area contributed by atoms with Gasteiger partial charge in [0.25, 0.3) is 0 Å². The molecule has 2 saturated carbocycles. The van der Waals surface area contributed by atoms with Crippen molar-refractivity contribution in [2.45, 2.75) is 50.1 Å². The second-order valence-corrected chi connectivity index (χ2v) is 6.56. The highest BCUT2D eigenvalue weighted by Gasteiger charge is 2.69. The molecule has 21 heavy (non-hydrogen) atoms. The van der Waals surface area contributed by atoms with Crippen LogP contribution in [0.15, 0.2) is 12.7 Å². The SMILES string of the molecule is C=C[C@@H]1CCN1C(=O)C1(NCC(=O)O)C2CCCCCC21. The molecule has 2 aliphatic carbocycles. The number of aliphatic carboxylic acids is 1. The molecule has 3 atom stereocenters. The van der Waals surface area contributed by atoms with Gasteiger partial charge in [0.2, 0.25) is 5.91 Å². The number of likely N-dealkylation sites (tertiary alicyclic amines) is 1. The van der Waals surface area contributed by atoms with Crippen molar-refractivity contribution in [2.75, 3.05) is 13.1 Å². The van der Waals surface area contributed by atoms with Crippen LogP contribution in [0.1, 0.15) is 38.5 Å². The minimum atomic E-state index is -0.896. The van der Waals surface area contributed by atoms with E-state index in [0.717, 1.165) is 38.6 Å². The van der Waals surface area contributed by atoms with E-state index >= 15 is 0 Å². The zero-order chi connectivity index (χ0) is 15.0. The predicted molar refractivity (Wildman–Crippen MR) is 78.7 cm³/mol. The van der Waals surface area contributed by atoms with E-state index in [1.54, 1.807) is 0 Å². The van der Waals surface area contributed by atoms with Gasteiger partial charge in [-0.25, -0.2) is 0 Å². The van der Waals surface area contributed by atoms with Gasteiger partial charge in [-0.2, -0.15) is 0 Å². The summed E-state index contributed by atoms with van der Waals surface area (Å²) in [6.45, 7) is 4.43. The van der Waals surface area contributed by atoms with Gasteiger partial charge in [0.15, 0.2) is 0 Å². The van der Waals surface area contributed by atoms with Crippen LogP contribution in [0, 0.1) is 11.8 Å². The molecule has 5 nitrogen and oxygen atoms in total. The zero-order valence-electron chi connectivity index (χ0n) is 12.4. The van der Waals surface area contributed by atoms with Crippen molar-refractivity contribution in [2.24, 2.45) is 11.8 Å². The van der Waals surface area contributed by atoms with Gasteiger partial charge in [-0.05, 0) is 31.1 Å². The molecule has 0 spiro atoms. The van der Waals surface area contributed by atoms with Crippen LogP contribution in [0.2, 0.25) is 0 Å². The second-order valence-electron chi connectivity index (χ2n) is 6.56. The molecule has 1 aliphatic heterocycles. The Bertz CT molecular complexity index is 450. The molecule has 0 radical (unpaired) electrons. The highest BCUT2D eigenvalue weighted by atomic mass is 16.4. The summed E-state index contributed by atoms with van der Waals surface area (Å²) in [5.74, 6) is -0.153. The number of hydrogen-bond acceptors (Lipinski definition) is 3. The number of carbonyl (C=O) groups is 2. The van der Waals surface area contributed by atoms with Gasteiger partial charge in [-0.3, -0.25) is 14.9 Å². The Hall–Kier alpha value is -1.36. The van der Waals surface area contributed by atoms with Crippen LogP contribution in [0.5, 0.6) is 0 Å². The molecule has 1 saturated heterocycles. The Morgan fingerprint density at radius 1 is 1.24 bits per heavy atom. The van der Waals surface area contributed by atoms with Crippen molar-refractivity contribution >= 4 is 11.9 Å². The molecule has 5 heteroatoms. The molecule has 1 heterocycles. The summed E-state index contributed by atoms with van der Waals surface area (Å²) < 4.78 is 0. The van der Waals surface area contributed by atoms with E-state index < -0.39 is 11.5 Å². The van der Waals surface area contributed by atoms with Crippen molar-refractivity contribution < 1.29 is 14.7 Å². The zero-order valence-corrected chi connectivity index (χ0v) is 12.4. The molecule has 0 aromatic heterocycles. The predicted octanol–water partition coefficient (Wildman–Crippen LogP) is 1.40. The number of nitrogens with zero attached hydrogens (tertiary/aromatic N) is 1. The number of carboxylic acid groups (broad SMARTS) is 1. The summed E-state index contributed by atoms with van der Waals surface area (Å²) in [4.78, 5) is 25.8. The number of amides is 1. The highest BCUT2D eigenvalue weighted by molar-refractivity contribution is 5.92. The summed E-state index contributed by atoms with van der Waals surface area (Å²) in [7, 11) is 0. The lowest BCUT2D eigenvalue weighted by molar-refractivity contribution is -0.142. The minimum absolute atomic E-state index is 0.108. The van der Waals surface area contributed by atoms with Crippen LogP contribution in [0.4, 0.5) is 0 Å². The molecule has 3 rings (SSSR count). The van der Waals surface area contributed by atoms with E-state index in [0.29, 0.717) is 11.8 Å². The Balaban J connectivity index is 1.78. The largest absolute Gasteiger partial charge is 0.480 e. The lowest BCUT2D eigenvalue weighted by atomic mass is 9.97. The number of hydrogen-bond donors (Lipinski definition) is 2. The average molecular weight is 292 g/mol. The van der Waals surface area contributed by atoms with Crippen molar-refractivity contribution in [3.8, 4) is 0 Å². The summed E-state index contributed by atoms with van der Waals surface area (Å²) in [6, 6.07) is 0.130. The van der Waals surface area contributed by atoms with E-state index in [1.807, 2.05) is 11.0 Å². The number of nitrogens with one attached hydrogen (secondary N) is 1. The van der Waals surface area contributed by atoms with E-state index in [2.05, 4.69) is 11.9 Å². The third-order valence-electron chi connectivity index (χ3n) is 5.56. The topological polar surface area (TPSA) is 69.6 Å². The van der Waals surface area contributed by atoms with Crippen molar-refractivity contribution in [3.63, 3.8) is 0 Å². The first-order chi connectivity index (χ1) is 10.1. The van der Waals surface area contributed by atoms with E-state index in [9.17, 15) is 9.59 Å². The Morgan fingerprint density at radius 2 is 1.90 bits per heavy atom. The molecule has 116 valence electrons. The fraction of sp³-hybridized carbons (Fsp3) is 0.750. The summed E-state index contributed by atoms with van der Waals surface area (Å²) in [5, 5.41) is 12.1. The van der Waals surface area contributed by atoms with Crippen molar-refractivity contribution in [3.05, 3.63) is 12.7 Å². The molecular weight excluding hydrogens is 268 g/mol. The van der Waals surface area contributed by atoms with Gasteiger partial charge in [-0.1, -0.05) is 25.3 Å². The summed E-state index contributed by atoms with van der Waals surface area (Å²) in [6.07, 6.45) is 8.40. The third-order valence-corrected chi connectivity index (χ3v) is 5.56. The normalized spacial score (nSPS) is 37.9. The molecule has 0 aromatic carbocycles. The van der Waals surface area contributed by atoms with Crippen molar-refractivity contribution in [1.82, 2.24) is 10.2 Å². The lowest BCUT2D eigenvalue weighted by Crippen LogP contribution is -2.59. The van der Waals surface area contributed by atoms with Gasteiger partial charge in [0.05, 0.1) is 12.6 Å². The molecule has 2 unspecified atom stereocenters. The van der Waals surface area contributed by atoms with E-state index in [1.165, 1.54) is 6.42 Å². The number of carboxylic acids is 1. The Kier molecular flexibility index (Phi) is 3.78. The first-order valence-corrected chi connectivity index (χ1v) is 8.01. The maximum Gasteiger partial charge on any atom is 0.317 e. The second kappa shape index (κ2) is 5.44. The fourth-order valence-corrected chi connectivity index (χ4v) is 4.32. The van der Waals surface area contributed by atoms with Gasteiger partial charge >= 0.3 is 5.97 Å². The molecule has 1 amide bonds. The number of fused-ring (bicyclic) bond motifs is 1. The van der Waals surface area contributed by atoms with E-state index in [-0.39, 0.29) is 18.5 Å². The average Bonchev–Trinajstić information content (AvgIpc) is 3.07. The summed E-state index contributed by atoms with van der Waals surface area (Å²) in [5.41, 5.74) is -0.611. The Labute approximate surface area is 125 Å². The van der Waals surface area contributed by atoms with Gasteiger partial charge in [0.1, 0.15) is 5.54 Å². The first-order valence-electron chi connectivity index (χ1n) is 8.01. The van der Waals surface area contributed by atoms with Crippen LogP contribution in [0.25, 0.3) is 0 Å². The van der Waals surface area contributed by atoms with Crippen LogP contribution in [-0.2, 0) is 9.59 Å². The third kappa shape index (κ3) is 2.27. The van der Waals surface area contributed by atoms with Crippen molar-refractivity contribution in [1.29, 1.82) is 0 Å². The summed E-state index contributed by atoms with van der Waals surface area (Å²) >= 11 is 0. The van der Waals surface area contributed by atoms with Gasteiger partial charge in [0, 0.05) is 6.54 Å². The standard InChI is InChI=1S/C16H24N2O3/c1-2-11-8-9-18(11)15(21)16(17-10-14(19)20)12-6-4-3-5-7-13(12)16/h2,11-13,17H,1,3-10H2,(H,19,20)/t11-,12?,13?,16?/m1/s1. The molecule has 2 N–H and O–H groups in total. The van der Waals surface area contributed by atoms with Crippen LogP contribution >= 0.6 is 0 Å². The maximum atomic E-state index is 13.0. The first kappa shape index (κ1) is 14.6. The quantitative estimate of drug-likeness (QED) is 0.751. The molecule has 0 aromatic rings. The molecule has 0 bridgehead atoms. The fourth-order valence-electron chi connectivity index (χ4n) is 4.32. The van der Waals surface area contributed by atoms with Crippen LogP contribution in [0.3, 0.4) is 0 Å². The maximum absolute atomic E-state index is 13.0. The van der Waals surface area contributed by atoms with E-state index in [4.69, 9.17) is 5.11 Å². The van der Waals surface area contributed by atoms with Gasteiger partial charge < -0.3 is 10.0 Å². The lowest BCUT2D eigenvalue weighted by Gasteiger charge is -2.42. The Morgan fingerprint density at radius 3 is 2.38 bits per heavy atom. The monoisotopic (exact) mass is 292 g/mol. The van der Waals surface area contributed by atoms with Gasteiger partial charge in [-0.15, -0.1) is 6.58 Å². The molecular formula is C16H24N2O3. The molecule has 3 fully saturated rings. The van der Waals surface area contributed by atoms with Crippen LogP contribution < -0.4 is 5.32 Å². The van der Waals surface area contributed by atoms with Crippen LogP contribution in [-0.4, -0.2) is 46.6 Å².